The van der Waals surface area contributed by atoms with Crippen molar-refractivity contribution in [2.75, 3.05) is 29.1 Å². The molecule has 0 saturated heterocycles. The Morgan fingerprint density at radius 3 is 2.96 bits per heavy atom. The summed E-state index contributed by atoms with van der Waals surface area (Å²) >= 11 is 0. The summed E-state index contributed by atoms with van der Waals surface area (Å²) in [6, 6.07) is 7.21. The van der Waals surface area contributed by atoms with Crippen LogP contribution in [0.2, 0.25) is 0 Å². The predicted octanol–water partition coefficient (Wildman–Crippen LogP) is 2.32. The van der Waals surface area contributed by atoms with Crippen molar-refractivity contribution in [3.63, 3.8) is 0 Å². The van der Waals surface area contributed by atoms with Crippen molar-refractivity contribution < 1.29 is 9.59 Å². The topological polar surface area (TPSA) is 90.1 Å². The first-order chi connectivity index (χ1) is 11.6. The molecule has 0 spiro atoms. The van der Waals surface area contributed by atoms with Crippen LogP contribution in [0.1, 0.15) is 41.2 Å². The van der Waals surface area contributed by atoms with E-state index in [-0.39, 0.29) is 11.8 Å². The summed E-state index contributed by atoms with van der Waals surface area (Å²) in [4.78, 5) is 26.2. The molecule has 7 heteroatoms. The maximum atomic E-state index is 12.5. The van der Waals surface area contributed by atoms with Crippen molar-refractivity contribution in [1.29, 1.82) is 0 Å². The Hall–Kier alpha value is -2.83. The second-order valence-electron chi connectivity index (χ2n) is 6.39. The molecule has 2 amide bonds. The van der Waals surface area contributed by atoms with E-state index < -0.39 is 0 Å². The molecule has 3 N–H and O–H groups in total. The number of anilines is 3. The van der Waals surface area contributed by atoms with Crippen LogP contribution in [0.15, 0.2) is 24.3 Å². The van der Waals surface area contributed by atoms with E-state index in [1.165, 1.54) is 12.8 Å². The minimum Gasteiger partial charge on any atom is -0.372 e. The van der Waals surface area contributed by atoms with Gasteiger partial charge in [-0.3, -0.25) is 14.7 Å². The zero-order valence-corrected chi connectivity index (χ0v) is 13.4. The Morgan fingerprint density at radius 1 is 1.33 bits per heavy atom. The summed E-state index contributed by atoms with van der Waals surface area (Å²) in [7, 11) is 1.93. The van der Waals surface area contributed by atoms with Crippen LogP contribution in [0.5, 0.6) is 0 Å². The summed E-state index contributed by atoms with van der Waals surface area (Å²) < 4.78 is 0. The zero-order chi connectivity index (χ0) is 16.7. The molecule has 2 heterocycles. The molecule has 1 aromatic carbocycles. The molecule has 0 unspecified atom stereocenters. The van der Waals surface area contributed by atoms with Gasteiger partial charge in [-0.1, -0.05) is 0 Å². The number of carbonyl (C=O) groups is 2. The van der Waals surface area contributed by atoms with Crippen molar-refractivity contribution in [2.45, 2.75) is 25.2 Å². The Bertz CT molecular complexity index is 809. The highest BCUT2D eigenvalue weighted by Crippen LogP contribution is 2.39. The van der Waals surface area contributed by atoms with Crippen molar-refractivity contribution in [2.24, 2.45) is 0 Å². The van der Waals surface area contributed by atoms with Crippen molar-refractivity contribution >= 4 is 29.0 Å². The highest BCUT2D eigenvalue weighted by Gasteiger charge is 2.26. The monoisotopic (exact) mass is 325 g/mol. The van der Waals surface area contributed by atoms with E-state index in [1.807, 2.05) is 24.1 Å². The van der Waals surface area contributed by atoms with Gasteiger partial charge in [-0.15, -0.1) is 0 Å². The predicted molar refractivity (Wildman–Crippen MR) is 91.5 cm³/mol. The first kappa shape index (κ1) is 14.7. The lowest BCUT2D eigenvalue weighted by Crippen LogP contribution is -2.18. The van der Waals surface area contributed by atoms with Crippen molar-refractivity contribution in [1.82, 2.24) is 10.2 Å². The van der Waals surface area contributed by atoms with Gasteiger partial charge in [0.1, 0.15) is 0 Å². The van der Waals surface area contributed by atoms with Gasteiger partial charge in [0, 0.05) is 43.3 Å². The van der Waals surface area contributed by atoms with Crippen LogP contribution in [0.4, 0.5) is 17.2 Å². The molecule has 124 valence electrons. The van der Waals surface area contributed by atoms with Crippen LogP contribution in [0.3, 0.4) is 0 Å². The fourth-order valence-electron chi connectivity index (χ4n) is 2.91. The number of nitrogens with zero attached hydrogens (tertiary/aromatic N) is 2. The highest BCUT2D eigenvalue weighted by molar-refractivity contribution is 6.06. The van der Waals surface area contributed by atoms with Gasteiger partial charge in [0.25, 0.3) is 5.91 Å². The normalized spacial score (nSPS) is 17.0. The first-order valence-electron chi connectivity index (χ1n) is 8.12. The summed E-state index contributed by atoms with van der Waals surface area (Å²) in [6.45, 7) is 0.654. The Labute approximate surface area is 139 Å². The van der Waals surface area contributed by atoms with Gasteiger partial charge < -0.3 is 15.5 Å². The summed E-state index contributed by atoms with van der Waals surface area (Å²) in [5, 5.41) is 12.8. The number of aromatic nitrogens is 2. The van der Waals surface area contributed by atoms with Gasteiger partial charge in [-0.05, 0) is 31.0 Å². The smallest absolute Gasteiger partial charge is 0.256 e. The molecule has 1 aromatic heterocycles. The van der Waals surface area contributed by atoms with Gasteiger partial charge in [-0.25, -0.2) is 0 Å². The second-order valence-corrected chi connectivity index (χ2v) is 6.39. The average molecular weight is 325 g/mol. The van der Waals surface area contributed by atoms with E-state index in [1.54, 1.807) is 12.1 Å². The van der Waals surface area contributed by atoms with E-state index in [0.717, 1.165) is 11.4 Å². The Balaban J connectivity index is 1.54. The minimum atomic E-state index is -0.243. The minimum absolute atomic E-state index is 0.0421. The molecule has 0 atom stereocenters. The molecule has 1 aliphatic heterocycles. The SMILES string of the molecule is CN1CCC(=O)Nc2cc(C(=O)Nc3cc(C4CC4)[nH]n3)ccc21. The maximum absolute atomic E-state index is 12.5. The number of H-pyrrole nitrogens is 1. The molecule has 2 aromatic rings. The molecule has 24 heavy (non-hydrogen) atoms. The number of amides is 2. The third-order valence-corrected chi connectivity index (χ3v) is 4.47. The van der Waals surface area contributed by atoms with E-state index in [0.29, 0.717) is 36.0 Å². The fraction of sp³-hybridized carbons (Fsp3) is 0.353. The molecular weight excluding hydrogens is 306 g/mol. The zero-order valence-electron chi connectivity index (χ0n) is 13.4. The van der Waals surface area contributed by atoms with Gasteiger partial charge in [0.2, 0.25) is 5.91 Å². The number of hydrogen-bond acceptors (Lipinski definition) is 4. The largest absolute Gasteiger partial charge is 0.372 e. The molecule has 4 rings (SSSR count). The standard InChI is InChI=1S/C17H19N5O2/c1-22-7-6-16(23)18-13-8-11(4-5-14(13)22)17(24)19-15-9-12(20-21-15)10-2-3-10/h4-5,8-10H,2-3,6-7H2,1H3,(H,18,23)(H2,19,20,21,24). The van der Waals surface area contributed by atoms with Crippen molar-refractivity contribution in [3.05, 3.63) is 35.5 Å². The summed E-state index contributed by atoms with van der Waals surface area (Å²) in [5.41, 5.74) is 3.13. The third-order valence-electron chi connectivity index (χ3n) is 4.47. The molecule has 0 bridgehead atoms. The van der Waals surface area contributed by atoms with E-state index >= 15 is 0 Å². The lowest BCUT2D eigenvalue weighted by molar-refractivity contribution is -0.115. The molecule has 0 radical (unpaired) electrons. The van der Waals surface area contributed by atoms with E-state index in [2.05, 4.69) is 20.8 Å². The van der Waals surface area contributed by atoms with Gasteiger partial charge >= 0.3 is 0 Å². The lowest BCUT2D eigenvalue weighted by atomic mass is 10.1. The van der Waals surface area contributed by atoms with Gasteiger partial charge in [0.05, 0.1) is 11.4 Å². The molecule has 1 saturated carbocycles. The first-order valence-corrected chi connectivity index (χ1v) is 8.12. The van der Waals surface area contributed by atoms with Crippen molar-refractivity contribution in [3.8, 4) is 0 Å². The molecule has 1 fully saturated rings. The number of carbonyl (C=O) groups excluding carboxylic acids is 2. The van der Waals surface area contributed by atoms with Gasteiger partial charge in [0.15, 0.2) is 5.82 Å². The Morgan fingerprint density at radius 2 is 2.17 bits per heavy atom. The molecule has 2 aliphatic rings. The quantitative estimate of drug-likeness (QED) is 0.808. The lowest BCUT2D eigenvalue weighted by Gasteiger charge is -2.18. The Kier molecular flexibility index (Phi) is 3.48. The molecule has 1 aliphatic carbocycles. The van der Waals surface area contributed by atoms with Gasteiger partial charge in [-0.2, -0.15) is 5.10 Å². The molecule has 7 nitrogen and oxygen atoms in total. The van der Waals surface area contributed by atoms with Crippen LogP contribution >= 0.6 is 0 Å². The van der Waals surface area contributed by atoms with Crippen LogP contribution in [0, 0.1) is 0 Å². The number of rotatable bonds is 3. The van der Waals surface area contributed by atoms with Crippen LogP contribution in [-0.4, -0.2) is 35.6 Å². The number of hydrogen-bond donors (Lipinski definition) is 3. The summed E-state index contributed by atoms with van der Waals surface area (Å²) in [5.74, 6) is 0.798. The third kappa shape index (κ3) is 2.84. The molecular formula is C17H19N5O2. The highest BCUT2D eigenvalue weighted by atomic mass is 16.2. The van der Waals surface area contributed by atoms with Crippen LogP contribution in [-0.2, 0) is 4.79 Å². The number of benzene rings is 1. The fourth-order valence-corrected chi connectivity index (χ4v) is 2.91. The second kappa shape index (κ2) is 5.67. The van der Waals surface area contributed by atoms with E-state index in [9.17, 15) is 9.59 Å². The van der Waals surface area contributed by atoms with Crippen LogP contribution in [0.25, 0.3) is 0 Å². The number of fused-ring (bicyclic) bond motifs is 1. The summed E-state index contributed by atoms with van der Waals surface area (Å²) in [6.07, 6.45) is 2.78. The number of aromatic amines is 1. The van der Waals surface area contributed by atoms with Crippen LogP contribution < -0.4 is 15.5 Å². The average Bonchev–Trinajstić information content (AvgIpc) is 3.34. The van der Waals surface area contributed by atoms with E-state index in [4.69, 9.17) is 0 Å². The number of nitrogens with one attached hydrogen (secondary N) is 3. The maximum Gasteiger partial charge on any atom is 0.256 e.